The molecule has 0 saturated carbocycles. The number of nitrogens with one attached hydrogen (secondary N) is 2. The van der Waals surface area contributed by atoms with Crippen molar-refractivity contribution in [1.82, 2.24) is 24.8 Å². The fraction of sp³-hybridized carbons (Fsp3) is 0.167. The van der Waals surface area contributed by atoms with Gasteiger partial charge in [-0.3, -0.25) is 15.0 Å². The minimum atomic E-state index is -0.311. The number of hydrogen-bond acceptors (Lipinski definition) is 3. The maximum Gasteiger partial charge on any atom is 0.273 e. The molecule has 0 unspecified atom stereocenters. The van der Waals surface area contributed by atoms with Crippen LogP contribution in [0.3, 0.4) is 0 Å². The highest BCUT2D eigenvalue weighted by atomic mass is 19.1. The number of halogens is 1. The Kier molecular flexibility index (Phi) is 3.49. The molecule has 25 heavy (non-hydrogen) atoms. The predicted molar refractivity (Wildman–Crippen MR) is 92.9 cm³/mol. The molecule has 0 aliphatic heterocycles. The fourth-order valence-electron chi connectivity index (χ4n) is 2.97. The Balaban J connectivity index is 1.94. The Bertz CT molecular complexity index is 1120. The van der Waals surface area contributed by atoms with Gasteiger partial charge in [0.15, 0.2) is 5.65 Å². The number of benzene rings is 1. The summed E-state index contributed by atoms with van der Waals surface area (Å²) in [7, 11) is 0. The SMILES string of the molecule is CCc1[nH]nc(-c2cc(=O)n3[nH]cc(-c4ccc(F)cc4)c3n2)c1C. The van der Waals surface area contributed by atoms with Crippen LogP contribution in [-0.2, 0) is 6.42 Å². The topological polar surface area (TPSA) is 78.8 Å². The maximum absolute atomic E-state index is 13.2. The van der Waals surface area contributed by atoms with E-state index in [9.17, 15) is 9.18 Å². The number of hydrogen-bond donors (Lipinski definition) is 2. The molecule has 0 atom stereocenters. The molecule has 0 aliphatic rings. The van der Waals surface area contributed by atoms with Crippen LogP contribution in [0.4, 0.5) is 4.39 Å². The van der Waals surface area contributed by atoms with Gasteiger partial charge in [-0.05, 0) is 36.6 Å². The summed E-state index contributed by atoms with van der Waals surface area (Å²) < 4.78 is 14.5. The Morgan fingerprint density at radius 1 is 1.24 bits per heavy atom. The van der Waals surface area contributed by atoms with Crippen molar-refractivity contribution < 1.29 is 4.39 Å². The molecule has 0 radical (unpaired) electrons. The Morgan fingerprint density at radius 2 is 2.00 bits per heavy atom. The van der Waals surface area contributed by atoms with Crippen LogP contribution in [0, 0.1) is 12.7 Å². The van der Waals surface area contributed by atoms with E-state index in [-0.39, 0.29) is 11.4 Å². The smallest absolute Gasteiger partial charge is 0.273 e. The van der Waals surface area contributed by atoms with Gasteiger partial charge in [0, 0.05) is 23.5 Å². The Labute approximate surface area is 142 Å². The number of aromatic nitrogens is 5. The van der Waals surface area contributed by atoms with Crippen molar-refractivity contribution in [3.8, 4) is 22.5 Å². The average Bonchev–Trinajstić information content (AvgIpc) is 3.19. The summed E-state index contributed by atoms with van der Waals surface area (Å²) in [5, 5.41) is 10.2. The lowest BCUT2D eigenvalue weighted by Crippen LogP contribution is -2.14. The van der Waals surface area contributed by atoms with Crippen molar-refractivity contribution in [2.24, 2.45) is 0 Å². The zero-order valence-electron chi connectivity index (χ0n) is 13.8. The van der Waals surface area contributed by atoms with Crippen molar-refractivity contribution in [2.75, 3.05) is 0 Å². The molecule has 6 nitrogen and oxygen atoms in total. The van der Waals surface area contributed by atoms with Gasteiger partial charge in [-0.2, -0.15) is 5.10 Å². The predicted octanol–water partition coefficient (Wildman–Crippen LogP) is 3.09. The molecule has 0 amide bonds. The maximum atomic E-state index is 13.2. The van der Waals surface area contributed by atoms with E-state index in [1.165, 1.54) is 22.7 Å². The number of nitrogens with zero attached hydrogens (tertiary/aromatic N) is 3. The van der Waals surface area contributed by atoms with Crippen LogP contribution in [0.5, 0.6) is 0 Å². The molecule has 0 aliphatic carbocycles. The summed E-state index contributed by atoms with van der Waals surface area (Å²) in [6.45, 7) is 3.99. The van der Waals surface area contributed by atoms with Crippen molar-refractivity contribution in [2.45, 2.75) is 20.3 Å². The number of aryl methyl sites for hydroxylation is 1. The molecule has 4 aromatic rings. The van der Waals surface area contributed by atoms with Gasteiger partial charge in [0.1, 0.15) is 11.5 Å². The third kappa shape index (κ3) is 2.44. The summed E-state index contributed by atoms with van der Waals surface area (Å²) in [4.78, 5) is 17.1. The zero-order chi connectivity index (χ0) is 17.6. The van der Waals surface area contributed by atoms with Gasteiger partial charge in [-0.15, -0.1) is 0 Å². The summed E-state index contributed by atoms with van der Waals surface area (Å²) in [6, 6.07) is 7.54. The summed E-state index contributed by atoms with van der Waals surface area (Å²) in [6.07, 6.45) is 2.51. The second kappa shape index (κ2) is 5.70. The molecule has 0 spiro atoms. The third-order valence-corrected chi connectivity index (χ3v) is 4.36. The number of rotatable bonds is 3. The van der Waals surface area contributed by atoms with Crippen LogP contribution in [0.25, 0.3) is 28.2 Å². The molecule has 7 heteroatoms. The van der Waals surface area contributed by atoms with Crippen LogP contribution in [-0.4, -0.2) is 24.8 Å². The van der Waals surface area contributed by atoms with E-state index < -0.39 is 0 Å². The Morgan fingerprint density at radius 3 is 2.68 bits per heavy atom. The van der Waals surface area contributed by atoms with E-state index in [2.05, 4.69) is 20.3 Å². The minimum Gasteiger partial charge on any atom is -0.296 e. The number of aromatic amines is 2. The first kappa shape index (κ1) is 15.3. The standard InChI is InChI=1S/C18H16FN5O/c1-3-14-10(2)17(23-22-14)15-8-16(25)24-18(21-15)13(9-20-24)11-4-6-12(19)7-5-11/h4-9,20H,3H2,1-2H3,(H,22,23). The fourth-order valence-corrected chi connectivity index (χ4v) is 2.97. The highest BCUT2D eigenvalue weighted by Crippen LogP contribution is 2.26. The first-order chi connectivity index (χ1) is 12.1. The van der Waals surface area contributed by atoms with Crippen molar-refractivity contribution in [3.63, 3.8) is 0 Å². The Hall–Kier alpha value is -3.22. The minimum absolute atomic E-state index is 0.228. The quantitative estimate of drug-likeness (QED) is 0.603. The summed E-state index contributed by atoms with van der Waals surface area (Å²) in [5.41, 5.74) is 4.94. The van der Waals surface area contributed by atoms with Gasteiger partial charge < -0.3 is 0 Å². The average molecular weight is 337 g/mol. The van der Waals surface area contributed by atoms with Crippen molar-refractivity contribution in [1.29, 1.82) is 0 Å². The van der Waals surface area contributed by atoms with Gasteiger partial charge >= 0.3 is 0 Å². The first-order valence-corrected chi connectivity index (χ1v) is 8.00. The van der Waals surface area contributed by atoms with Gasteiger partial charge in [0.05, 0.1) is 5.69 Å². The molecule has 1 aromatic carbocycles. The normalized spacial score (nSPS) is 11.3. The molecule has 0 bridgehead atoms. The monoisotopic (exact) mass is 337 g/mol. The van der Waals surface area contributed by atoms with Crippen LogP contribution in [0.15, 0.2) is 41.3 Å². The molecule has 126 valence electrons. The lowest BCUT2D eigenvalue weighted by Gasteiger charge is -2.02. The molecule has 0 fully saturated rings. The summed E-state index contributed by atoms with van der Waals surface area (Å²) >= 11 is 0. The van der Waals surface area contributed by atoms with E-state index in [1.54, 1.807) is 18.3 Å². The van der Waals surface area contributed by atoms with Crippen LogP contribution < -0.4 is 5.56 Å². The van der Waals surface area contributed by atoms with Gasteiger partial charge in [0.25, 0.3) is 5.56 Å². The lowest BCUT2D eigenvalue weighted by molar-refractivity contribution is 0.628. The molecular formula is C18H16FN5O. The molecule has 3 heterocycles. The van der Waals surface area contributed by atoms with Gasteiger partial charge in [0.2, 0.25) is 0 Å². The lowest BCUT2D eigenvalue weighted by atomic mass is 10.1. The third-order valence-electron chi connectivity index (χ3n) is 4.36. The first-order valence-electron chi connectivity index (χ1n) is 8.00. The van der Waals surface area contributed by atoms with Crippen LogP contribution >= 0.6 is 0 Å². The van der Waals surface area contributed by atoms with E-state index in [4.69, 9.17) is 0 Å². The molecule has 4 rings (SSSR count). The van der Waals surface area contributed by atoms with E-state index in [1.807, 2.05) is 13.8 Å². The van der Waals surface area contributed by atoms with Crippen LogP contribution in [0.2, 0.25) is 0 Å². The van der Waals surface area contributed by atoms with Crippen molar-refractivity contribution in [3.05, 3.63) is 64.0 Å². The van der Waals surface area contributed by atoms with Gasteiger partial charge in [-0.25, -0.2) is 13.9 Å². The van der Waals surface area contributed by atoms with E-state index >= 15 is 0 Å². The molecule has 0 saturated heterocycles. The molecular weight excluding hydrogens is 321 g/mol. The zero-order valence-corrected chi connectivity index (χ0v) is 13.8. The molecule has 2 N–H and O–H groups in total. The van der Waals surface area contributed by atoms with E-state index in [0.717, 1.165) is 28.8 Å². The van der Waals surface area contributed by atoms with Crippen LogP contribution in [0.1, 0.15) is 18.2 Å². The van der Waals surface area contributed by atoms with E-state index in [0.29, 0.717) is 17.0 Å². The highest BCUT2D eigenvalue weighted by Gasteiger charge is 2.16. The second-order valence-corrected chi connectivity index (χ2v) is 5.86. The van der Waals surface area contributed by atoms with Gasteiger partial charge in [-0.1, -0.05) is 19.1 Å². The number of H-pyrrole nitrogens is 2. The largest absolute Gasteiger partial charge is 0.296 e. The molecule has 3 aromatic heterocycles. The highest BCUT2D eigenvalue weighted by molar-refractivity contribution is 5.78. The number of fused-ring (bicyclic) bond motifs is 1. The second-order valence-electron chi connectivity index (χ2n) is 5.86. The summed E-state index contributed by atoms with van der Waals surface area (Å²) in [5.74, 6) is -0.311. The van der Waals surface area contributed by atoms with Crippen molar-refractivity contribution >= 4 is 5.65 Å².